The van der Waals surface area contributed by atoms with Gasteiger partial charge in [-0.15, -0.1) is 24.0 Å². The standard InChI is InChI=1S/C19H36N4O.HI/c1-5-15-6-8-16(9-7-15)12-21-19(20-4)22-17-10-11-23(13-17)18(24)14(2)3;/h14-17H,5-13H2,1-4H3,(H2,20,21,22);1H. The molecule has 1 aliphatic carbocycles. The zero-order valence-corrected chi connectivity index (χ0v) is 18.7. The van der Waals surface area contributed by atoms with Crippen molar-refractivity contribution < 1.29 is 4.79 Å². The number of amides is 1. The zero-order chi connectivity index (χ0) is 17.5. The lowest BCUT2D eigenvalue weighted by Gasteiger charge is -2.28. The van der Waals surface area contributed by atoms with Crippen molar-refractivity contribution in [2.24, 2.45) is 22.7 Å². The summed E-state index contributed by atoms with van der Waals surface area (Å²) in [5, 5.41) is 7.00. The fourth-order valence-corrected chi connectivity index (χ4v) is 3.92. The molecule has 1 unspecified atom stereocenters. The van der Waals surface area contributed by atoms with Gasteiger partial charge in [-0.1, -0.05) is 40.0 Å². The molecule has 1 saturated heterocycles. The van der Waals surface area contributed by atoms with Gasteiger partial charge in [-0.25, -0.2) is 0 Å². The molecule has 0 aromatic carbocycles. The van der Waals surface area contributed by atoms with Crippen molar-refractivity contribution >= 4 is 35.8 Å². The molecule has 0 spiro atoms. The highest BCUT2D eigenvalue weighted by molar-refractivity contribution is 14.0. The van der Waals surface area contributed by atoms with Crippen LogP contribution in [0, 0.1) is 17.8 Å². The highest BCUT2D eigenvalue weighted by atomic mass is 127. The summed E-state index contributed by atoms with van der Waals surface area (Å²) in [6.45, 7) is 8.90. The van der Waals surface area contributed by atoms with Crippen LogP contribution < -0.4 is 10.6 Å². The van der Waals surface area contributed by atoms with E-state index >= 15 is 0 Å². The van der Waals surface area contributed by atoms with Crippen molar-refractivity contribution in [1.82, 2.24) is 15.5 Å². The minimum Gasteiger partial charge on any atom is -0.356 e. The Kier molecular flexibility index (Phi) is 10.1. The van der Waals surface area contributed by atoms with E-state index in [0.717, 1.165) is 43.9 Å². The number of guanidine groups is 1. The van der Waals surface area contributed by atoms with Crippen LogP contribution in [0.4, 0.5) is 0 Å². The van der Waals surface area contributed by atoms with Gasteiger partial charge in [0.25, 0.3) is 0 Å². The van der Waals surface area contributed by atoms with Crippen LogP contribution in [0.5, 0.6) is 0 Å². The molecule has 2 fully saturated rings. The number of nitrogens with one attached hydrogen (secondary N) is 2. The van der Waals surface area contributed by atoms with E-state index in [9.17, 15) is 4.79 Å². The van der Waals surface area contributed by atoms with E-state index in [1.54, 1.807) is 0 Å². The molecule has 0 aromatic rings. The topological polar surface area (TPSA) is 56.7 Å². The first-order valence-electron chi connectivity index (χ1n) is 9.79. The van der Waals surface area contributed by atoms with Gasteiger partial charge in [-0.3, -0.25) is 9.79 Å². The molecule has 2 aliphatic rings. The third-order valence-corrected chi connectivity index (χ3v) is 5.66. The van der Waals surface area contributed by atoms with Gasteiger partial charge in [0, 0.05) is 38.6 Å². The van der Waals surface area contributed by atoms with Crippen LogP contribution in [0.1, 0.15) is 59.3 Å². The first-order valence-corrected chi connectivity index (χ1v) is 9.79. The van der Waals surface area contributed by atoms with Crippen molar-refractivity contribution in [3.63, 3.8) is 0 Å². The van der Waals surface area contributed by atoms with Crippen molar-refractivity contribution in [1.29, 1.82) is 0 Å². The number of halogens is 1. The molecule has 146 valence electrons. The van der Waals surface area contributed by atoms with Crippen LogP contribution in [0.3, 0.4) is 0 Å². The second-order valence-corrected chi connectivity index (χ2v) is 7.82. The SMILES string of the molecule is CCC1CCC(CNC(=NC)NC2CCN(C(=O)C(C)C)C2)CC1.I. The molecule has 1 atom stereocenters. The second kappa shape index (κ2) is 11.2. The maximum atomic E-state index is 12.1. The van der Waals surface area contributed by atoms with Gasteiger partial charge < -0.3 is 15.5 Å². The molecule has 2 rings (SSSR count). The molecule has 1 heterocycles. The Bertz CT molecular complexity index is 433. The molecule has 0 bridgehead atoms. The Morgan fingerprint density at radius 3 is 2.36 bits per heavy atom. The van der Waals surface area contributed by atoms with Crippen LogP contribution in [0.2, 0.25) is 0 Å². The van der Waals surface area contributed by atoms with Gasteiger partial charge in [0.15, 0.2) is 5.96 Å². The molecular weight excluding hydrogens is 427 g/mol. The quantitative estimate of drug-likeness (QED) is 0.373. The van der Waals surface area contributed by atoms with Crippen LogP contribution in [-0.2, 0) is 4.79 Å². The normalized spacial score (nSPS) is 27.2. The first kappa shape index (κ1) is 22.5. The molecule has 6 heteroatoms. The van der Waals surface area contributed by atoms with Gasteiger partial charge in [-0.2, -0.15) is 0 Å². The maximum absolute atomic E-state index is 12.1. The van der Waals surface area contributed by atoms with Crippen LogP contribution in [0.25, 0.3) is 0 Å². The molecule has 1 aliphatic heterocycles. The predicted molar refractivity (Wildman–Crippen MR) is 115 cm³/mol. The maximum Gasteiger partial charge on any atom is 0.225 e. The minimum absolute atomic E-state index is 0. The largest absolute Gasteiger partial charge is 0.356 e. The van der Waals surface area contributed by atoms with Crippen molar-refractivity contribution in [3.05, 3.63) is 0 Å². The molecule has 0 aromatic heterocycles. The molecule has 1 saturated carbocycles. The Hall–Kier alpha value is -0.530. The van der Waals surface area contributed by atoms with Crippen LogP contribution >= 0.6 is 24.0 Å². The highest BCUT2D eigenvalue weighted by Crippen LogP contribution is 2.30. The summed E-state index contributed by atoms with van der Waals surface area (Å²) in [5.41, 5.74) is 0. The van der Waals surface area contributed by atoms with Gasteiger partial charge in [-0.05, 0) is 31.1 Å². The van der Waals surface area contributed by atoms with E-state index in [4.69, 9.17) is 0 Å². The summed E-state index contributed by atoms with van der Waals surface area (Å²) in [7, 11) is 1.83. The van der Waals surface area contributed by atoms with Crippen molar-refractivity contribution in [2.75, 3.05) is 26.7 Å². The van der Waals surface area contributed by atoms with Crippen molar-refractivity contribution in [2.45, 2.75) is 65.3 Å². The summed E-state index contributed by atoms with van der Waals surface area (Å²) in [4.78, 5) is 18.4. The van der Waals surface area contributed by atoms with Gasteiger partial charge >= 0.3 is 0 Å². The first-order chi connectivity index (χ1) is 11.5. The van der Waals surface area contributed by atoms with Crippen LogP contribution in [0.15, 0.2) is 4.99 Å². The van der Waals surface area contributed by atoms with Gasteiger partial charge in [0.05, 0.1) is 0 Å². The van der Waals surface area contributed by atoms with E-state index in [1.807, 2.05) is 25.8 Å². The van der Waals surface area contributed by atoms with E-state index < -0.39 is 0 Å². The van der Waals surface area contributed by atoms with E-state index in [0.29, 0.717) is 6.04 Å². The molecular formula is C19H37IN4O. The van der Waals surface area contributed by atoms with E-state index in [2.05, 4.69) is 22.5 Å². The summed E-state index contributed by atoms with van der Waals surface area (Å²) in [5.74, 6) is 2.95. The monoisotopic (exact) mass is 464 g/mol. The Labute approximate surface area is 170 Å². The lowest BCUT2D eigenvalue weighted by molar-refractivity contribution is -0.133. The Morgan fingerprint density at radius 1 is 1.16 bits per heavy atom. The number of likely N-dealkylation sites (tertiary alicyclic amines) is 1. The lowest BCUT2D eigenvalue weighted by atomic mass is 9.81. The number of hydrogen-bond acceptors (Lipinski definition) is 2. The predicted octanol–water partition coefficient (Wildman–Crippen LogP) is 3.24. The molecule has 1 amide bonds. The van der Waals surface area contributed by atoms with Crippen LogP contribution in [-0.4, -0.2) is 49.5 Å². The Morgan fingerprint density at radius 2 is 1.80 bits per heavy atom. The molecule has 5 nitrogen and oxygen atoms in total. The fourth-order valence-electron chi connectivity index (χ4n) is 3.92. The second-order valence-electron chi connectivity index (χ2n) is 7.82. The highest BCUT2D eigenvalue weighted by Gasteiger charge is 2.28. The van der Waals surface area contributed by atoms with Gasteiger partial charge in [0.2, 0.25) is 5.91 Å². The number of aliphatic imine (C=N–C) groups is 1. The van der Waals surface area contributed by atoms with E-state index in [-0.39, 0.29) is 35.8 Å². The molecule has 2 N–H and O–H groups in total. The number of carbonyl (C=O) groups excluding carboxylic acids is 1. The third kappa shape index (κ3) is 6.94. The zero-order valence-electron chi connectivity index (χ0n) is 16.4. The van der Waals surface area contributed by atoms with E-state index in [1.165, 1.54) is 32.1 Å². The number of rotatable bonds is 5. The summed E-state index contributed by atoms with van der Waals surface area (Å²) in [6, 6.07) is 0.315. The number of nitrogens with zero attached hydrogens (tertiary/aromatic N) is 2. The summed E-state index contributed by atoms with van der Waals surface area (Å²) in [6.07, 6.45) is 7.76. The lowest BCUT2D eigenvalue weighted by Crippen LogP contribution is -2.46. The minimum atomic E-state index is 0. The molecule has 25 heavy (non-hydrogen) atoms. The Balaban J connectivity index is 0.00000312. The summed E-state index contributed by atoms with van der Waals surface area (Å²) < 4.78 is 0. The summed E-state index contributed by atoms with van der Waals surface area (Å²) >= 11 is 0. The smallest absolute Gasteiger partial charge is 0.225 e. The third-order valence-electron chi connectivity index (χ3n) is 5.66. The fraction of sp³-hybridized carbons (Fsp3) is 0.895. The van der Waals surface area contributed by atoms with Gasteiger partial charge in [0.1, 0.15) is 0 Å². The average Bonchev–Trinajstić information content (AvgIpc) is 3.06. The average molecular weight is 464 g/mol. The number of carbonyl (C=O) groups is 1. The van der Waals surface area contributed by atoms with Crippen molar-refractivity contribution in [3.8, 4) is 0 Å². The molecule has 0 radical (unpaired) electrons. The number of hydrogen-bond donors (Lipinski definition) is 2.